The van der Waals surface area contributed by atoms with Crippen molar-refractivity contribution < 1.29 is 13.2 Å². The second-order valence-corrected chi connectivity index (χ2v) is 7.54. The molecule has 4 nitrogen and oxygen atoms in total. The van der Waals surface area contributed by atoms with Gasteiger partial charge >= 0.3 is 6.18 Å². The third-order valence-electron chi connectivity index (χ3n) is 4.49. The number of hydrogen-bond donors (Lipinski definition) is 0. The predicted molar refractivity (Wildman–Crippen MR) is 110 cm³/mol. The molecule has 0 saturated heterocycles. The summed E-state index contributed by atoms with van der Waals surface area (Å²) in [6.07, 6.45) is -0.932. The van der Waals surface area contributed by atoms with Crippen LogP contribution in [-0.2, 0) is 18.5 Å². The summed E-state index contributed by atoms with van der Waals surface area (Å²) in [6.45, 7) is 0.584. The van der Waals surface area contributed by atoms with Crippen LogP contribution in [0.25, 0.3) is 11.4 Å². The van der Waals surface area contributed by atoms with Crippen LogP contribution in [0.2, 0.25) is 0 Å². The van der Waals surface area contributed by atoms with E-state index < -0.39 is 11.7 Å². The van der Waals surface area contributed by atoms with Crippen LogP contribution in [0.1, 0.15) is 16.7 Å². The van der Waals surface area contributed by atoms with Gasteiger partial charge in [0, 0.05) is 23.7 Å². The summed E-state index contributed by atoms with van der Waals surface area (Å²) in [5, 5.41) is 9.39. The second kappa shape index (κ2) is 8.71. The second-order valence-electron chi connectivity index (χ2n) is 6.60. The summed E-state index contributed by atoms with van der Waals surface area (Å²) in [5.41, 5.74) is 2.13. The molecule has 4 rings (SSSR count). The van der Waals surface area contributed by atoms with E-state index in [0.717, 1.165) is 34.6 Å². The SMILES string of the molecule is FC(F)(F)c1ccc(CSc2nnc(-c3ccncc3)n2Cc2ccccc2)cc1. The molecule has 2 aromatic carbocycles. The number of rotatable bonds is 6. The van der Waals surface area contributed by atoms with Gasteiger partial charge in [-0.3, -0.25) is 9.55 Å². The Morgan fingerprint density at radius 1 is 0.800 bits per heavy atom. The average Bonchev–Trinajstić information content (AvgIpc) is 3.15. The lowest BCUT2D eigenvalue weighted by molar-refractivity contribution is -0.137. The zero-order valence-electron chi connectivity index (χ0n) is 15.8. The van der Waals surface area contributed by atoms with E-state index in [2.05, 4.69) is 15.2 Å². The smallest absolute Gasteiger partial charge is 0.298 e. The van der Waals surface area contributed by atoms with Gasteiger partial charge in [0.1, 0.15) is 0 Å². The van der Waals surface area contributed by atoms with Crippen molar-refractivity contribution in [2.75, 3.05) is 0 Å². The number of alkyl halides is 3. The van der Waals surface area contributed by atoms with Gasteiger partial charge in [0.2, 0.25) is 0 Å². The van der Waals surface area contributed by atoms with E-state index in [0.29, 0.717) is 17.5 Å². The van der Waals surface area contributed by atoms with Gasteiger partial charge in [-0.15, -0.1) is 10.2 Å². The Hall–Kier alpha value is -3.13. The number of hydrogen-bond acceptors (Lipinski definition) is 4. The topological polar surface area (TPSA) is 43.6 Å². The van der Waals surface area contributed by atoms with E-state index in [4.69, 9.17) is 0 Å². The van der Waals surface area contributed by atoms with Gasteiger partial charge in [-0.1, -0.05) is 54.2 Å². The fraction of sp³-hybridized carbons (Fsp3) is 0.136. The van der Waals surface area contributed by atoms with E-state index in [-0.39, 0.29) is 0 Å². The minimum absolute atomic E-state index is 0.488. The average molecular weight is 426 g/mol. The minimum atomic E-state index is -4.33. The predicted octanol–water partition coefficient (Wildman–Crippen LogP) is 5.70. The van der Waals surface area contributed by atoms with Crippen LogP contribution in [0.15, 0.2) is 84.3 Å². The summed E-state index contributed by atoms with van der Waals surface area (Å²) in [7, 11) is 0. The van der Waals surface area contributed by atoms with Crippen molar-refractivity contribution in [2.45, 2.75) is 23.6 Å². The first-order valence-electron chi connectivity index (χ1n) is 9.17. The lowest BCUT2D eigenvalue weighted by atomic mass is 10.1. The molecule has 0 aliphatic carbocycles. The Bertz CT molecular complexity index is 1090. The Morgan fingerprint density at radius 3 is 2.17 bits per heavy atom. The third kappa shape index (κ3) is 4.71. The molecule has 4 aromatic rings. The number of aromatic nitrogens is 4. The summed E-state index contributed by atoms with van der Waals surface area (Å²) in [6, 6.07) is 18.9. The molecule has 0 fully saturated rings. The van der Waals surface area contributed by atoms with E-state index >= 15 is 0 Å². The fourth-order valence-corrected chi connectivity index (χ4v) is 3.85. The van der Waals surface area contributed by atoms with Crippen molar-refractivity contribution in [3.05, 3.63) is 95.8 Å². The highest BCUT2D eigenvalue weighted by Gasteiger charge is 2.29. The van der Waals surface area contributed by atoms with Crippen LogP contribution >= 0.6 is 11.8 Å². The molecule has 8 heteroatoms. The molecular formula is C22H17F3N4S. The zero-order valence-corrected chi connectivity index (χ0v) is 16.6. The molecule has 0 bridgehead atoms. The Balaban J connectivity index is 1.59. The lowest BCUT2D eigenvalue weighted by Crippen LogP contribution is -2.05. The highest BCUT2D eigenvalue weighted by atomic mass is 32.2. The van der Waals surface area contributed by atoms with E-state index in [1.165, 1.54) is 23.9 Å². The minimum Gasteiger partial charge on any atom is -0.298 e. The van der Waals surface area contributed by atoms with Crippen molar-refractivity contribution in [1.29, 1.82) is 0 Å². The van der Waals surface area contributed by atoms with E-state index in [9.17, 15) is 13.2 Å². The highest BCUT2D eigenvalue weighted by Crippen LogP contribution is 2.31. The third-order valence-corrected chi connectivity index (χ3v) is 5.53. The normalized spacial score (nSPS) is 11.6. The molecule has 0 saturated carbocycles. The quantitative estimate of drug-likeness (QED) is 0.371. The Kier molecular flexibility index (Phi) is 5.85. The molecule has 0 aliphatic heterocycles. The van der Waals surface area contributed by atoms with Gasteiger partial charge in [0.25, 0.3) is 0 Å². The van der Waals surface area contributed by atoms with Crippen molar-refractivity contribution in [1.82, 2.24) is 19.7 Å². The maximum atomic E-state index is 12.8. The Morgan fingerprint density at radius 2 is 1.50 bits per heavy atom. The van der Waals surface area contributed by atoms with Gasteiger partial charge in [-0.25, -0.2) is 0 Å². The van der Waals surface area contributed by atoms with Gasteiger partial charge < -0.3 is 0 Å². The number of halogens is 3. The first-order valence-corrected chi connectivity index (χ1v) is 10.2. The van der Waals surface area contributed by atoms with E-state index in [1.807, 2.05) is 47.0 Å². The van der Waals surface area contributed by atoms with Crippen LogP contribution in [0.3, 0.4) is 0 Å². The molecule has 0 atom stereocenters. The molecule has 0 spiro atoms. The Labute approximate surface area is 175 Å². The van der Waals surface area contributed by atoms with Crippen molar-refractivity contribution in [3.8, 4) is 11.4 Å². The summed E-state index contributed by atoms with van der Waals surface area (Å²) in [5.74, 6) is 1.21. The maximum absolute atomic E-state index is 12.8. The molecule has 0 unspecified atom stereocenters. The summed E-state index contributed by atoms with van der Waals surface area (Å²) >= 11 is 1.44. The number of nitrogens with zero attached hydrogens (tertiary/aromatic N) is 4. The number of pyridine rings is 1. The first kappa shape index (κ1) is 20.2. The molecule has 30 heavy (non-hydrogen) atoms. The van der Waals surface area contributed by atoms with E-state index in [1.54, 1.807) is 12.4 Å². The number of thioether (sulfide) groups is 1. The molecule has 152 valence electrons. The van der Waals surface area contributed by atoms with Crippen molar-refractivity contribution in [2.24, 2.45) is 0 Å². The maximum Gasteiger partial charge on any atom is 0.416 e. The number of benzene rings is 2. The summed E-state index contributed by atoms with van der Waals surface area (Å²) < 4.78 is 40.3. The monoisotopic (exact) mass is 426 g/mol. The highest BCUT2D eigenvalue weighted by molar-refractivity contribution is 7.98. The summed E-state index contributed by atoms with van der Waals surface area (Å²) in [4.78, 5) is 4.05. The lowest BCUT2D eigenvalue weighted by Gasteiger charge is -2.11. The molecule has 0 N–H and O–H groups in total. The van der Waals surface area contributed by atoms with Crippen LogP contribution in [0.4, 0.5) is 13.2 Å². The van der Waals surface area contributed by atoms with Gasteiger partial charge in [-0.2, -0.15) is 13.2 Å². The largest absolute Gasteiger partial charge is 0.416 e. The van der Waals surface area contributed by atoms with Crippen LogP contribution in [0, 0.1) is 0 Å². The van der Waals surface area contributed by atoms with Crippen LogP contribution in [0.5, 0.6) is 0 Å². The van der Waals surface area contributed by atoms with Crippen LogP contribution < -0.4 is 0 Å². The molecule has 0 aliphatic rings. The molecule has 2 heterocycles. The van der Waals surface area contributed by atoms with Crippen molar-refractivity contribution >= 4 is 11.8 Å². The van der Waals surface area contributed by atoms with Crippen LogP contribution in [-0.4, -0.2) is 19.7 Å². The fourth-order valence-electron chi connectivity index (χ4n) is 2.96. The molecule has 0 amide bonds. The standard InChI is InChI=1S/C22H17F3N4S/c23-22(24,25)19-8-6-17(7-9-19)15-30-21-28-27-20(18-10-12-26-13-11-18)29(21)14-16-4-2-1-3-5-16/h1-13H,14-15H2. The molecular weight excluding hydrogens is 409 g/mol. The molecule has 2 aromatic heterocycles. The van der Waals surface area contributed by atoms with Gasteiger partial charge in [0.05, 0.1) is 12.1 Å². The van der Waals surface area contributed by atoms with Crippen molar-refractivity contribution in [3.63, 3.8) is 0 Å². The molecule has 0 radical (unpaired) electrons. The first-order chi connectivity index (χ1) is 14.5. The zero-order chi connectivity index (χ0) is 21.0. The van der Waals surface area contributed by atoms with Gasteiger partial charge in [-0.05, 0) is 35.4 Å². The van der Waals surface area contributed by atoms with Gasteiger partial charge in [0.15, 0.2) is 11.0 Å².